The fourth-order valence-corrected chi connectivity index (χ4v) is 1.88. The minimum Gasteiger partial charge on any atom is -0.334 e. The lowest BCUT2D eigenvalue weighted by Crippen LogP contribution is -2.47. The number of carbonyl (C=O) groups is 1. The minimum absolute atomic E-state index is 0.0730. The van der Waals surface area contributed by atoms with E-state index in [0.717, 1.165) is 12.0 Å². The van der Waals surface area contributed by atoms with E-state index in [0.29, 0.717) is 6.54 Å². The molecule has 0 bridgehead atoms. The zero-order valence-corrected chi connectivity index (χ0v) is 11.7. The average molecular weight is 258 g/mol. The summed E-state index contributed by atoms with van der Waals surface area (Å²) in [4.78, 5) is 14.2. The van der Waals surface area contributed by atoms with Crippen LogP contribution in [0.4, 0.5) is 0 Å². The maximum absolute atomic E-state index is 12.3. The molecule has 1 amide bonds. The lowest BCUT2D eigenvalue weighted by atomic mass is 10.1. The van der Waals surface area contributed by atoms with Crippen molar-refractivity contribution >= 4 is 5.91 Å². The van der Waals surface area contributed by atoms with Crippen LogP contribution in [0.1, 0.15) is 32.3 Å². The van der Waals surface area contributed by atoms with Gasteiger partial charge in [0.2, 0.25) is 5.91 Å². The molecule has 102 valence electrons. The second-order valence-electron chi connectivity index (χ2n) is 4.72. The number of hydrogen-bond donors (Lipinski definition) is 1. The summed E-state index contributed by atoms with van der Waals surface area (Å²) in [5, 5.41) is 0. The van der Waals surface area contributed by atoms with E-state index < -0.39 is 6.04 Å². The third-order valence-electron chi connectivity index (χ3n) is 3.26. The van der Waals surface area contributed by atoms with E-state index in [1.807, 2.05) is 42.2 Å². The fourth-order valence-electron chi connectivity index (χ4n) is 1.88. The average Bonchev–Trinajstić information content (AvgIpc) is 2.44. The first kappa shape index (κ1) is 15.3. The predicted molar refractivity (Wildman–Crippen MR) is 78.2 cm³/mol. The van der Waals surface area contributed by atoms with Gasteiger partial charge in [0.1, 0.15) is 0 Å². The van der Waals surface area contributed by atoms with Crippen molar-refractivity contribution in [3.05, 3.63) is 35.9 Å². The van der Waals surface area contributed by atoms with Crippen LogP contribution < -0.4 is 5.73 Å². The van der Waals surface area contributed by atoms with Crippen LogP contribution in [0.5, 0.6) is 0 Å². The van der Waals surface area contributed by atoms with Crippen molar-refractivity contribution in [3.8, 4) is 12.3 Å². The fraction of sp³-hybridized carbons (Fsp3) is 0.438. The van der Waals surface area contributed by atoms with Gasteiger partial charge in [0.25, 0.3) is 0 Å². The van der Waals surface area contributed by atoms with E-state index in [1.54, 1.807) is 0 Å². The number of amides is 1. The molecule has 0 heterocycles. The summed E-state index contributed by atoms with van der Waals surface area (Å²) in [7, 11) is 0. The van der Waals surface area contributed by atoms with Gasteiger partial charge in [-0.3, -0.25) is 4.79 Å². The number of hydrogen-bond acceptors (Lipinski definition) is 2. The number of terminal acetylenes is 1. The van der Waals surface area contributed by atoms with Crippen LogP contribution in [-0.4, -0.2) is 22.9 Å². The summed E-state index contributed by atoms with van der Waals surface area (Å²) < 4.78 is 0. The molecule has 0 aromatic heterocycles. The third kappa shape index (κ3) is 4.42. The maximum atomic E-state index is 12.3. The Balaban J connectivity index is 2.84. The molecule has 0 aliphatic carbocycles. The van der Waals surface area contributed by atoms with Gasteiger partial charge in [0, 0.05) is 19.0 Å². The summed E-state index contributed by atoms with van der Waals surface area (Å²) in [5.74, 6) is 2.38. The predicted octanol–water partition coefficient (Wildman–Crippen LogP) is 2.16. The van der Waals surface area contributed by atoms with Gasteiger partial charge in [0.05, 0.1) is 6.04 Å². The number of benzene rings is 1. The highest BCUT2D eigenvalue weighted by Gasteiger charge is 2.23. The largest absolute Gasteiger partial charge is 0.334 e. The Labute approximate surface area is 115 Å². The minimum atomic E-state index is -0.609. The standard InChI is InChI=1S/C16H22N2O/c1-4-9-15(17)16(19)18(13(3)5-2)12-14-10-7-6-8-11-14/h1,6-8,10-11,13,15H,5,9,12,17H2,2-3H3. The van der Waals surface area contributed by atoms with Crippen molar-refractivity contribution in [2.45, 2.75) is 45.3 Å². The quantitative estimate of drug-likeness (QED) is 0.795. The first-order chi connectivity index (χ1) is 9.10. The van der Waals surface area contributed by atoms with E-state index in [2.05, 4.69) is 12.8 Å². The van der Waals surface area contributed by atoms with Crippen molar-refractivity contribution < 1.29 is 4.79 Å². The van der Waals surface area contributed by atoms with Crippen molar-refractivity contribution in [1.82, 2.24) is 4.90 Å². The highest BCUT2D eigenvalue weighted by Crippen LogP contribution is 2.12. The zero-order valence-electron chi connectivity index (χ0n) is 11.7. The summed E-state index contributed by atoms with van der Waals surface area (Å²) >= 11 is 0. The van der Waals surface area contributed by atoms with Crippen molar-refractivity contribution in [1.29, 1.82) is 0 Å². The van der Waals surface area contributed by atoms with Crippen LogP contribution in [0.2, 0.25) is 0 Å². The van der Waals surface area contributed by atoms with E-state index in [-0.39, 0.29) is 18.4 Å². The molecule has 0 spiro atoms. The van der Waals surface area contributed by atoms with Crippen LogP contribution in [0.3, 0.4) is 0 Å². The summed E-state index contributed by atoms with van der Waals surface area (Å²) in [5.41, 5.74) is 6.94. The number of nitrogens with zero attached hydrogens (tertiary/aromatic N) is 1. The van der Waals surface area contributed by atoms with Crippen LogP contribution in [0.25, 0.3) is 0 Å². The molecule has 2 N–H and O–H groups in total. The first-order valence-electron chi connectivity index (χ1n) is 6.63. The summed E-state index contributed by atoms with van der Waals surface area (Å²) in [6.07, 6.45) is 6.40. The van der Waals surface area contributed by atoms with Crippen LogP contribution in [0, 0.1) is 12.3 Å². The smallest absolute Gasteiger partial charge is 0.241 e. The van der Waals surface area contributed by atoms with Gasteiger partial charge in [-0.05, 0) is 18.9 Å². The van der Waals surface area contributed by atoms with Gasteiger partial charge in [-0.2, -0.15) is 0 Å². The number of nitrogens with two attached hydrogens (primary N) is 1. The van der Waals surface area contributed by atoms with Gasteiger partial charge in [-0.15, -0.1) is 12.3 Å². The van der Waals surface area contributed by atoms with Gasteiger partial charge in [-0.25, -0.2) is 0 Å². The number of carbonyl (C=O) groups excluding carboxylic acids is 1. The normalized spacial score (nSPS) is 13.4. The molecule has 3 nitrogen and oxygen atoms in total. The van der Waals surface area contributed by atoms with Crippen molar-refractivity contribution in [3.63, 3.8) is 0 Å². The maximum Gasteiger partial charge on any atom is 0.241 e. The number of rotatable bonds is 6. The Hall–Kier alpha value is -1.79. The van der Waals surface area contributed by atoms with E-state index in [9.17, 15) is 4.79 Å². The Kier molecular flexibility index (Phi) is 6.11. The second kappa shape index (κ2) is 7.60. The molecule has 0 saturated heterocycles. The van der Waals surface area contributed by atoms with Crippen LogP contribution >= 0.6 is 0 Å². The Morgan fingerprint density at radius 2 is 2.05 bits per heavy atom. The monoisotopic (exact) mass is 258 g/mol. The molecule has 0 saturated carbocycles. The molecule has 0 aliphatic heterocycles. The lowest BCUT2D eigenvalue weighted by Gasteiger charge is -2.30. The summed E-state index contributed by atoms with van der Waals surface area (Å²) in [6, 6.07) is 9.46. The molecule has 2 atom stereocenters. The third-order valence-corrected chi connectivity index (χ3v) is 3.26. The Morgan fingerprint density at radius 3 is 2.58 bits per heavy atom. The van der Waals surface area contributed by atoms with E-state index >= 15 is 0 Å². The molecule has 0 radical (unpaired) electrons. The highest BCUT2D eigenvalue weighted by molar-refractivity contribution is 5.82. The van der Waals surface area contributed by atoms with Crippen LogP contribution in [0.15, 0.2) is 30.3 Å². The molecule has 0 fully saturated rings. The molecule has 1 aromatic rings. The molecular formula is C16H22N2O. The van der Waals surface area contributed by atoms with E-state index in [4.69, 9.17) is 12.2 Å². The molecule has 19 heavy (non-hydrogen) atoms. The SMILES string of the molecule is C#CCC(N)C(=O)N(Cc1ccccc1)C(C)CC. The molecule has 3 heteroatoms. The summed E-state index contributed by atoms with van der Waals surface area (Å²) in [6.45, 7) is 4.67. The highest BCUT2D eigenvalue weighted by atomic mass is 16.2. The Morgan fingerprint density at radius 1 is 1.42 bits per heavy atom. The molecule has 0 aliphatic rings. The molecule has 1 rings (SSSR count). The molecular weight excluding hydrogens is 236 g/mol. The van der Waals surface area contributed by atoms with Gasteiger partial charge in [-0.1, -0.05) is 37.3 Å². The van der Waals surface area contributed by atoms with Gasteiger partial charge < -0.3 is 10.6 Å². The lowest BCUT2D eigenvalue weighted by molar-refractivity contribution is -0.135. The van der Waals surface area contributed by atoms with Crippen LogP contribution in [-0.2, 0) is 11.3 Å². The van der Waals surface area contributed by atoms with Gasteiger partial charge in [0.15, 0.2) is 0 Å². The van der Waals surface area contributed by atoms with Crippen molar-refractivity contribution in [2.24, 2.45) is 5.73 Å². The van der Waals surface area contributed by atoms with Gasteiger partial charge >= 0.3 is 0 Å². The molecule has 2 unspecified atom stereocenters. The van der Waals surface area contributed by atoms with E-state index in [1.165, 1.54) is 0 Å². The topological polar surface area (TPSA) is 46.3 Å². The molecule has 1 aromatic carbocycles. The van der Waals surface area contributed by atoms with Crippen molar-refractivity contribution in [2.75, 3.05) is 0 Å². The second-order valence-corrected chi connectivity index (χ2v) is 4.72. The first-order valence-corrected chi connectivity index (χ1v) is 6.63. The zero-order chi connectivity index (χ0) is 14.3. The Bertz CT molecular complexity index is 436.